The van der Waals surface area contributed by atoms with Crippen LogP contribution in [0.4, 0.5) is 14.5 Å². The molecule has 0 aliphatic heterocycles. The average Bonchev–Trinajstić information content (AvgIpc) is 2.64. The highest BCUT2D eigenvalue weighted by Gasteiger charge is 2.13. The van der Waals surface area contributed by atoms with Gasteiger partial charge >= 0.3 is 5.97 Å². The molecule has 29 heavy (non-hydrogen) atoms. The number of aliphatic carboxylic acids is 1. The van der Waals surface area contributed by atoms with Crippen LogP contribution in [0.25, 0.3) is 17.2 Å². The molecule has 2 aromatic rings. The summed E-state index contributed by atoms with van der Waals surface area (Å²) in [7, 11) is 0. The number of benzene rings is 2. The smallest absolute Gasteiger partial charge is 0.305 e. The standard InChI is InChI=1S/C22H24F2N2O3/c1-13(2)26-17-6-4-15(5-7-17)16-11-19(23)18(20(24)12-16)10-14(3)22(29)25-9-8-21(27)28/h4-7,10-13,26H,8-9H2,1-3H3,(H,25,29)(H,27,28). The fourth-order valence-corrected chi connectivity index (χ4v) is 2.69. The van der Waals surface area contributed by atoms with Crippen molar-refractivity contribution in [3.8, 4) is 11.1 Å². The summed E-state index contributed by atoms with van der Waals surface area (Å²) >= 11 is 0. The fraction of sp³-hybridized carbons (Fsp3) is 0.273. The molecular weight excluding hydrogens is 378 g/mol. The Labute approximate surface area is 168 Å². The summed E-state index contributed by atoms with van der Waals surface area (Å²) in [6.45, 7) is 5.37. The number of carbonyl (C=O) groups is 2. The molecule has 7 heteroatoms. The number of hydrogen-bond donors (Lipinski definition) is 3. The largest absolute Gasteiger partial charge is 0.481 e. The summed E-state index contributed by atoms with van der Waals surface area (Å²) < 4.78 is 29.0. The molecule has 0 aromatic heterocycles. The van der Waals surface area contributed by atoms with E-state index in [1.807, 2.05) is 26.0 Å². The van der Waals surface area contributed by atoms with Gasteiger partial charge in [-0.3, -0.25) is 9.59 Å². The molecule has 154 valence electrons. The van der Waals surface area contributed by atoms with Crippen molar-refractivity contribution in [1.29, 1.82) is 0 Å². The van der Waals surface area contributed by atoms with Crippen LogP contribution in [0.1, 0.15) is 32.8 Å². The zero-order chi connectivity index (χ0) is 21.6. The number of amides is 1. The number of carboxylic acids is 1. The van der Waals surface area contributed by atoms with E-state index < -0.39 is 23.5 Å². The van der Waals surface area contributed by atoms with E-state index in [-0.39, 0.29) is 30.1 Å². The van der Waals surface area contributed by atoms with Crippen LogP contribution in [-0.4, -0.2) is 29.6 Å². The van der Waals surface area contributed by atoms with Crippen molar-refractivity contribution in [2.75, 3.05) is 11.9 Å². The lowest BCUT2D eigenvalue weighted by atomic mass is 10.0. The third-order valence-electron chi connectivity index (χ3n) is 4.10. The first-order chi connectivity index (χ1) is 13.7. The Hall–Kier alpha value is -3.22. The van der Waals surface area contributed by atoms with Crippen molar-refractivity contribution < 1.29 is 23.5 Å². The van der Waals surface area contributed by atoms with Crippen molar-refractivity contribution in [3.05, 3.63) is 59.2 Å². The second-order valence-electron chi connectivity index (χ2n) is 6.96. The number of nitrogens with one attached hydrogen (secondary N) is 2. The molecule has 0 fully saturated rings. The van der Waals surface area contributed by atoms with E-state index in [0.29, 0.717) is 11.1 Å². The van der Waals surface area contributed by atoms with Crippen LogP contribution in [0.3, 0.4) is 0 Å². The van der Waals surface area contributed by atoms with Crippen LogP contribution in [0, 0.1) is 11.6 Å². The van der Waals surface area contributed by atoms with E-state index >= 15 is 0 Å². The van der Waals surface area contributed by atoms with Gasteiger partial charge in [0.1, 0.15) is 11.6 Å². The summed E-state index contributed by atoms with van der Waals surface area (Å²) in [5.41, 5.74) is 1.71. The summed E-state index contributed by atoms with van der Waals surface area (Å²) in [6, 6.07) is 9.93. The third-order valence-corrected chi connectivity index (χ3v) is 4.10. The number of carbonyl (C=O) groups excluding carboxylic acids is 1. The van der Waals surface area contributed by atoms with E-state index in [1.165, 1.54) is 19.1 Å². The Balaban J connectivity index is 2.20. The molecule has 0 radical (unpaired) electrons. The van der Waals surface area contributed by atoms with Crippen LogP contribution in [0.2, 0.25) is 0 Å². The van der Waals surface area contributed by atoms with Crippen LogP contribution in [0.5, 0.6) is 0 Å². The van der Waals surface area contributed by atoms with Gasteiger partial charge in [-0.25, -0.2) is 8.78 Å². The van der Waals surface area contributed by atoms with E-state index in [0.717, 1.165) is 11.8 Å². The van der Waals surface area contributed by atoms with E-state index in [4.69, 9.17) is 5.11 Å². The monoisotopic (exact) mass is 402 g/mol. The van der Waals surface area contributed by atoms with Crippen molar-refractivity contribution in [2.45, 2.75) is 33.2 Å². The maximum atomic E-state index is 14.5. The first kappa shape index (κ1) is 22.1. The molecule has 0 saturated carbocycles. The van der Waals surface area contributed by atoms with Crippen molar-refractivity contribution in [1.82, 2.24) is 5.32 Å². The lowest BCUT2D eigenvalue weighted by molar-refractivity contribution is -0.136. The van der Waals surface area contributed by atoms with Crippen molar-refractivity contribution >= 4 is 23.6 Å². The third kappa shape index (κ3) is 6.41. The number of carboxylic acid groups (broad SMARTS) is 1. The van der Waals surface area contributed by atoms with Crippen LogP contribution >= 0.6 is 0 Å². The predicted octanol–water partition coefficient (Wildman–Crippen LogP) is 4.45. The summed E-state index contributed by atoms with van der Waals surface area (Å²) in [5, 5.41) is 14.2. The van der Waals surface area contributed by atoms with Gasteiger partial charge in [-0.05, 0) is 62.2 Å². The molecule has 2 rings (SSSR count). The highest BCUT2D eigenvalue weighted by Crippen LogP contribution is 2.27. The minimum atomic E-state index is -1.05. The highest BCUT2D eigenvalue weighted by molar-refractivity contribution is 5.97. The maximum Gasteiger partial charge on any atom is 0.305 e. The van der Waals surface area contributed by atoms with E-state index in [2.05, 4.69) is 10.6 Å². The Bertz CT molecular complexity index is 899. The zero-order valence-corrected chi connectivity index (χ0v) is 16.6. The molecule has 0 atom stereocenters. The summed E-state index contributed by atoms with van der Waals surface area (Å²) in [6.07, 6.45) is 0.877. The molecule has 2 aromatic carbocycles. The van der Waals surface area contributed by atoms with Gasteiger partial charge in [0, 0.05) is 29.4 Å². The Morgan fingerprint density at radius 3 is 2.17 bits per heavy atom. The Morgan fingerprint density at radius 1 is 1.07 bits per heavy atom. The van der Waals surface area contributed by atoms with Crippen molar-refractivity contribution in [3.63, 3.8) is 0 Å². The van der Waals surface area contributed by atoms with Gasteiger partial charge in [0.15, 0.2) is 0 Å². The molecule has 0 bridgehead atoms. The second-order valence-corrected chi connectivity index (χ2v) is 6.96. The Kier molecular flexibility index (Phi) is 7.47. The SMILES string of the molecule is CC(=Cc1c(F)cc(-c2ccc(NC(C)C)cc2)cc1F)C(=O)NCCC(=O)O. The second kappa shape index (κ2) is 9.82. The first-order valence-corrected chi connectivity index (χ1v) is 9.21. The molecule has 0 aliphatic carbocycles. The minimum Gasteiger partial charge on any atom is -0.481 e. The molecule has 0 spiro atoms. The van der Waals surface area contributed by atoms with E-state index in [9.17, 15) is 18.4 Å². The lowest BCUT2D eigenvalue weighted by Crippen LogP contribution is -2.26. The van der Waals surface area contributed by atoms with Crippen LogP contribution in [0.15, 0.2) is 42.0 Å². The molecule has 0 saturated heterocycles. The molecule has 1 amide bonds. The maximum absolute atomic E-state index is 14.5. The molecule has 5 nitrogen and oxygen atoms in total. The van der Waals surface area contributed by atoms with E-state index in [1.54, 1.807) is 12.1 Å². The first-order valence-electron chi connectivity index (χ1n) is 9.21. The number of hydrogen-bond acceptors (Lipinski definition) is 3. The Morgan fingerprint density at radius 2 is 1.66 bits per heavy atom. The highest BCUT2D eigenvalue weighted by atomic mass is 19.1. The molecule has 3 N–H and O–H groups in total. The predicted molar refractivity (Wildman–Crippen MR) is 109 cm³/mol. The molecular formula is C22H24F2N2O3. The van der Waals surface area contributed by atoms with Gasteiger partial charge in [-0.1, -0.05) is 12.1 Å². The summed E-state index contributed by atoms with van der Waals surface area (Å²) in [4.78, 5) is 22.4. The fourth-order valence-electron chi connectivity index (χ4n) is 2.69. The van der Waals surface area contributed by atoms with Gasteiger partial charge < -0.3 is 15.7 Å². The van der Waals surface area contributed by atoms with Gasteiger partial charge in [-0.15, -0.1) is 0 Å². The minimum absolute atomic E-state index is 0.0646. The van der Waals surface area contributed by atoms with Gasteiger partial charge in [0.25, 0.3) is 0 Å². The molecule has 0 heterocycles. The van der Waals surface area contributed by atoms with Crippen LogP contribution < -0.4 is 10.6 Å². The zero-order valence-electron chi connectivity index (χ0n) is 16.6. The lowest BCUT2D eigenvalue weighted by Gasteiger charge is -2.11. The normalized spacial score (nSPS) is 11.4. The topological polar surface area (TPSA) is 78.4 Å². The molecule has 0 unspecified atom stereocenters. The van der Waals surface area contributed by atoms with Gasteiger partial charge in [0.05, 0.1) is 6.42 Å². The molecule has 0 aliphatic rings. The quantitative estimate of drug-likeness (QED) is 0.570. The average molecular weight is 402 g/mol. The summed E-state index contributed by atoms with van der Waals surface area (Å²) in [5.74, 6) is -3.21. The number of halogens is 2. The number of rotatable bonds is 8. The van der Waals surface area contributed by atoms with Crippen LogP contribution in [-0.2, 0) is 9.59 Å². The van der Waals surface area contributed by atoms with Gasteiger partial charge in [-0.2, -0.15) is 0 Å². The van der Waals surface area contributed by atoms with Crippen molar-refractivity contribution in [2.24, 2.45) is 0 Å². The van der Waals surface area contributed by atoms with Gasteiger partial charge in [0.2, 0.25) is 5.91 Å². The number of anilines is 1.